The molecule has 1 aromatic heterocycles. The van der Waals surface area contributed by atoms with Crippen LogP contribution in [0.5, 0.6) is 5.75 Å². The van der Waals surface area contributed by atoms with Crippen LogP contribution >= 0.6 is 11.6 Å². The highest BCUT2D eigenvalue weighted by molar-refractivity contribution is 6.31. The van der Waals surface area contributed by atoms with Gasteiger partial charge in [0.1, 0.15) is 5.75 Å². The van der Waals surface area contributed by atoms with Gasteiger partial charge < -0.3 is 16.2 Å². The van der Waals surface area contributed by atoms with Gasteiger partial charge in [0.25, 0.3) is 0 Å². The summed E-state index contributed by atoms with van der Waals surface area (Å²) in [5.41, 5.74) is 14.9. The Hall–Kier alpha value is -1.88. The molecule has 3 rings (SSSR count). The maximum atomic E-state index is 6.49. The average Bonchev–Trinajstić information content (AvgIpc) is 2.56. The number of hydrogen-bond donors (Lipinski definition) is 2. The van der Waals surface area contributed by atoms with Crippen molar-refractivity contribution in [1.29, 1.82) is 0 Å². The van der Waals surface area contributed by atoms with Gasteiger partial charge in [0.05, 0.1) is 18.1 Å². The summed E-state index contributed by atoms with van der Waals surface area (Å²) in [7, 11) is 1.66. The molecule has 3 aromatic rings. The number of halogens is 1. The first kappa shape index (κ1) is 16.0. The van der Waals surface area contributed by atoms with Crippen molar-refractivity contribution < 1.29 is 4.74 Å². The quantitative estimate of drug-likeness (QED) is 0.698. The van der Waals surface area contributed by atoms with Crippen molar-refractivity contribution in [3.8, 4) is 5.75 Å². The molecular formula is C18H20ClN3O. The SMILES string of the molecule is COc1ccc2nc3cc(Cl)ccc3c(C(N)CCCN)c2c1. The zero-order valence-electron chi connectivity index (χ0n) is 13.1. The van der Waals surface area contributed by atoms with Crippen molar-refractivity contribution in [1.82, 2.24) is 4.98 Å². The smallest absolute Gasteiger partial charge is 0.119 e. The van der Waals surface area contributed by atoms with Crippen LogP contribution in [0.3, 0.4) is 0 Å². The normalized spacial score (nSPS) is 12.7. The van der Waals surface area contributed by atoms with E-state index in [1.807, 2.05) is 36.4 Å². The Bertz CT molecular complexity index is 850. The van der Waals surface area contributed by atoms with Gasteiger partial charge in [-0.3, -0.25) is 0 Å². The first-order valence-corrected chi connectivity index (χ1v) is 8.04. The predicted octanol–water partition coefficient (Wildman–Crippen LogP) is 3.79. The predicted molar refractivity (Wildman–Crippen MR) is 96.0 cm³/mol. The number of aromatic nitrogens is 1. The van der Waals surface area contributed by atoms with Crippen LogP contribution in [0.25, 0.3) is 21.8 Å². The van der Waals surface area contributed by atoms with Crippen LogP contribution < -0.4 is 16.2 Å². The molecule has 1 unspecified atom stereocenters. The molecule has 0 spiro atoms. The van der Waals surface area contributed by atoms with Crippen LogP contribution in [-0.2, 0) is 0 Å². The van der Waals surface area contributed by atoms with E-state index in [4.69, 9.17) is 32.8 Å². The molecule has 0 bridgehead atoms. The largest absolute Gasteiger partial charge is 0.497 e. The van der Waals surface area contributed by atoms with E-state index in [-0.39, 0.29) is 6.04 Å². The summed E-state index contributed by atoms with van der Waals surface area (Å²) < 4.78 is 5.36. The number of pyridine rings is 1. The molecule has 23 heavy (non-hydrogen) atoms. The minimum absolute atomic E-state index is 0.111. The number of fused-ring (bicyclic) bond motifs is 2. The molecular weight excluding hydrogens is 310 g/mol. The molecule has 0 aliphatic carbocycles. The number of benzene rings is 2. The van der Waals surface area contributed by atoms with Crippen LogP contribution in [0.4, 0.5) is 0 Å². The number of rotatable bonds is 5. The lowest BCUT2D eigenvalue weighted by atomic mass is 9.94. The molecule has 0 aliphatic heterocycles. The number of hydrogen-bond acceptors (Lipinski definition) is 4. The van der Waals surface area contributed by atoms with Gasteiger partial charge in [-0.1, -0.05) is 17.7 Å². The maximum absolute atomic E-state index is 6.49. The highest BCUT2D eigenvalue weighted by Crippen LogP contribution is 2.34. The summed E-state index contributed by atoms with van der Waals surface area (Å²) in [6, 6.07) is 11.5. The van der Waals surface area contributed by atoms with Crippen molar-refractivity contribution >= 4 is 33.4 Å². The van der Waals surface area contributed by atoms with Crippen molar-refractivity contribution in [2.45, 2.75) is 18.9 Å². The van der Waals surface area contributed by atoms with E-state index in [0.29, 0.717) is 11.6 Å². The van der Waals surface area contributed by atoms with E-state index < -0.39 is 0 Å². The molecule has 1 heterocycles. The summed E-state index contributed by atoms with van der Waals surface area (Å²) in [5, 5.41) is 2.71. The summed E-state index contributed by atoms with van der Waals surface area (Å²) >= 11 is 6.13. The maximum Gasteiger partial charge on any atom is 0.119 e. The lowest BCUT2D eigenvalue weighted by Gasteiger charge is -2.18. The monoisotopic (exact) mass is 329 g/mol. The third-order valence-corrected chi connectivity index (χ3v) is 4.31. The zero-order chi connectivity index (χ0) is 16.4. The number of ether oxygens (including phenoxy) is 1. The molecule has 0 saturated carbocycles. The van der Waals surface area contributed by atoms with E-state index in [1.165, 1.54) is 0 Å². The number of methoxy groups -OCH3 is 1. The molecule has 5 heteroatoms. The molecule has 0 saturated heterocycles. The highest BCUT2D eigenvalue weighted by atomic mass is 35.5. The van der Waals surface area contributed by atoms with Crippen LogP contribution in [0, 0.1) is 0 Å². The van der Waals surface area contributed by atoms with E-state index in [9.17, 15) is 0 Å². The minimum Gasteiger partial charge on any atom is -0.497 e. The lowest BCUT2D eigenvalue weighted by Crippen LogP contribution is -2.14. The van der Waals surface area contributed by atoms with Crippen molar-refractivity contribution in [3.05, 3.63) is 47.0 Å². The van der Waals surface area contributed by atoms with Gasteiger partial charge >= 0.3 is 0 Å². The molecule has 4 N–H and O–H groups in total. The third kappa shape index (κ3) is 3.11. The van der Waals surface area contributed by atoms with Gasteiger partial charge in [0, 0.05) is 21.8 Å². The second-order valence-electron chi connectivity index (χ2n) is 5.61. The first-order valence-electron chi connectivity index (χ1n) is 7.66. The fourth-order valence-electron chi connectivity index (χ4n) is 2.94. The summed E-state index contributed by atoms with van der Waals surface area (Å²) in [4.78, 5) is 4.72. The van der Waals surface area contributed by atoms with Gasteiger partial charge in [-0.2, -0.15) is 0 Å². The Morgan fingerprint density at radius 2 is 1.96 bits per heavy atom. The van der Waals surface area contributed by atoms with E-state index in [1.54, 1.807) is 7.11 Å². The minimum atomic E-state index is -0.111. The van der Waals surface area contributed by atoms with Crippen molar-refractivity contribution in [2.24, 2.45) is 11.5 Å². The van der Waals surface area contributed by atoms with Gasteiger partial charge in [-0.05, 0) is 55.3 Å². The first-order chi connectivity index (χ1) is 11.1. The molecule has 2 aromatic carbocycles. The van der Waals surface area contributed by atoms with E-state index in [2.05, 4.69) is 0 Å². The molecule has 4 nitrogen and oxygen atoms in total. The Balaban J connectivity index is 2.31. The van der Waals surface area contributed by atoms with Crippen molar-refractivity contribution in [2.75, 3.05) is 13.7 Å². The van der Waals surface area contributed by atoms with Crippen LogP contribution in [0.1, 0.15) is 24.4 Å². The van der Waals surface area contributed by atoms with Crippen molar-refractivity contribution in [3.63, 3.8) is 0 Å². The Kier molecular flexibility index (Phi) is 4.66. The standard InChI is InChI=1S/C18H20ClN3O/c1-23-12-5-7-16-14(10-12)18(15(21)3-2-8-20)13-6-4-11(19)9-17(13)22-16/h4-7,9-10,15H,2-3,8,20-21H2,1H3. The topological polar surface area (TPSA) is 74.2 Å². The van der Waals surface area contributed by atoms with Gasteiger partial charge in [-0.15, -0.1) is 0 Å². The number of nitrogens with two attached hydrogens (primary N) is 2. The molecule has 0 fully saturated rings. The highest BCUT2D eigenvalue weighted by Gasteiger charge is 2.16. The second kappa shape index (κ2) is 6.71. The fourth-order valence-corrected chi connectivity index (χ4v) is 3.10. The lowest BCUT2D eigenvalue weighted by molar-refractivity contribution is 0.415. The van der Waals surface area contributed by atoms with Crippen LogP contribution in [-0.4, -0.2) is 18.6 Å². The summed E-state index contributed by atoms with van der Waals surface area (Å²) in [6.45, 7) is 0.629. The van der Waals surface area contributed by atoms with Gasteiger partial charge in [0.2, 0.25) is 0 Å². The van der Waals surface area contributed by atoms with E-state index >= 15 is 0 Å². The zero-order valence-corrected chi connectivity index (χ0v) is 13.8. The number of nitrogens with zero attached hydrogens (tertiary/aromatic N) is 1. The Morgan fingerprint density at radius 1 is 1.13 bits per heavy atom. The van der Waals surface area contributed by atoms with Crippen LogP contribution in [0.15, 0.2) is 36.4 Å². The summed E-state index contributed by atoms with van der Waals surface area (Å²) in [6.07, 6.45) is 1.70. The molecule has 120 valence electrons. The van der Waals surface area contributed by atoms with Gasteiger partial charge in [0.15, 0.2) is 0 Å². The molecule has 0 aliphatic rings. The van der Waals surface area contributed by atoms with E-state index in [0.717, 1.165) is 46.0 Å². The van der Waals surface area contributed by atoms with Gasteiger partial charge in [-0.25, -0.2) is 4.98 Å². The summed E-state index contributed by atoms with van der Waals surface area (Å²) in [5.74, 6) is 0.792. The Labute approximate surface area is 140 Å². The third-order valence-electron chi connectivity index (χ3n) is 4.07. The second-order valence-corrected chi connectivity index (χ2v) is 6.04. The Morgan fingerprint density at radius 3 is 2.70 bits per heavy atom. The van der Waals surface area contributed by atoms with Crippen LogP contribution in [0.2, 0.25) is 5.02 Å². The molecule has 0 amide bonds. The molecule has 1 atom stereocenters. The molecule has 0 radical (unpaired) electrons. The average molecular weight is 330 g/mol. The fraction of sp³-hybridized carbons (Fsp3) is 0.278.